The fourth-order valence-electron chi connectivity index (χ4n) is 1.26. The van der Waals surface area contributed by atoms with Crippen molar-refractivity contribution in [1.29, 1.82) is 0 Å². The number of amides is 1. The molecule has 2 rings (SSSR count). The summed E-state index contributed by atoms with van der Waals surface area (Å²) in [5, 5.41) is 3.64. The van der Waals surface area contributed by atoms with Gasteiger partial charge in [0, 0.05) is 4.88 Å². The minimum absolute atomic E-state index is 0.0923. The third kappa shape index (κ3) is 2.80. The first-order valence-electron chi connectivity index (χ1n) is 5.05. The van der Waals surface area contributed by atoms with Crippen LogP contribution in [0.4, 0.5) is 5.13 Å². The topological polar surface area (TPSA) is 54.9 Å². The van der Waals surface area contributed by atoms with Gasteiger partial charge in [0.05, 0.1) is 10.7 Å². The maximum absolute atomic E-state index is 12.0. The van der Waals surface area contributed by atoms with Gasteiger partial charge >= 0.3 is 0 Å². The summed E-state index contributed by atoms with van der Waals surface area (Å²) < 4.78 is 0. The molecule has 94 valence electrons. The summed E-state index contributed by atoms with van der Waals surface area (Å²) >= 11 is 13.0. The van der Waals surface area contributed by atoms with Crippen LogP contribution in [0.5, 0.6) is 0 Å². The molecule has 0 saturated carbocycles. The largest absolute Gasteiger partial charge is 0.296 e. The van der Waals surface area contributed by atoms with E-state index >= 15 is 0 Å². The van der Waals surface area contributed by atoms with E-state index < -0.39 is 5.91 Å². The predicted octanol–water partition coefficient (Wildman–Crippen LogP) is 3.71. The van der Waals surface area contributed by atoms with Gasteiger partial charge in [0.25, 0.3) is 5.91 Å². The fourth-order valence-corrected chi connectivity index (χ4v) is 2.41. The summed E-state index contributed by atoms with van der Waals surface area (Å²) in [5.41, 5.74) is 0.982. The Morgan fingerprint density at radius 3 is 2.61 bits per heavy atom. The van der Waals surface area contributed by atoms with Crippen molar-refractivity contribution < 1.29 is 4.79 Å². The maximum Gasteiger partial charge on any atom is 0.277 e. The number of aromatic nitrogens is 2. The van der Waals surface area contributed by atoms with Crippen LogP contribution in [0.15, 0.2) is 12.1 Å². The summed E-state index contributed by atoms with van der Waals surface area (Å²) in [5.74, 6) is -0.420. The van der Waals surface area contributed by atoms with Crippen molar-refractivity contribution in [2.45, 2.75) is 13.8 Å². The van der Waals surface area contributed by atoms with Gasteiger partial charge in [-0.3, -0.25) is 10.1 Å². The van der Waals surface area contributed by atoms with Gasteiger partial charge in [-0.2, -0.15) is 0 Å². The number of hydrogen-bond donors (Lipinski definition) is 1. The lowest BCUT2D eigenvalue weighted by Gasteiger charge is -2.03. The van der Waals surface area contributed by atoms with E-state index in [0.717, 1.165) is 10.6 Å². The summed E-state index contributed by atoms with van der Waals surface area (Å²) in [6.07, 6.45) is 0. The molecule has 0 unspecified atom stereocenters. The molecular weight excluding hydrogens is 293 g/mol. The van der Waals surface area contributed by atoms with Crippen LogP contribution in [0.2, 0.25) is 10.2 Å². The van der Waals surface area contributed by atoms with Crippen LogP contribution in [0.1, 0.15) is 21.1 Å². The quantitative estimate of drug-likeness (QED) is 0.860. The molecule has 2 heterocycles. The number of aryl methyl sites for hydroxylation is 2. The van der Waals surface area contributed by atoms with Crippen LogP contribution in [0, 0.1) is 13.8 Å². The van der Waals surface area contributed by atoms with E-state index in [0.29, 0.717) is 5.13 Å². The van der Waals surface area contributed by atoms with Crippen LogP contribution in [0.3, 0.4) is 0 Å². The van der Waals surface area contributed by atoms with Crippen LogP contribution in [0.25, 0.3) is 0 Å². The lowest BCUT2D eigenvalue weighted by Crippen LogP contribution is -2.14. The number of carbonyl (C=O) groups is 1. The van der Waals surface area contributed by atoms with Crippen molar-refractivity contribution >= 4 is 45.6 Å². The molecule has 4 nitrogen and oxygen atoms in total. The molecule has 0 aliphatic heterocycles. The minimum Gasteiger partial charge on any atom is -0.296 e. The van der Waals surface area contributed by atoms with Crippen molar-refractivity contribution in [2.75, 3.05) is 5.32 Å². The highest BCUT2D eigenvalue weighted by Crippen LogP contribution is 2.23. The van der Waals surface area contributed by atoms with Crippen LogP contribution < -0.4 is 5.32 Å². The average molecular weight is 302 g/mol. The zero-order chi connectivity index (χ0) is 13.3. The molecule has 1 amide bonds. The second-order valence-electron chi connectivity index (χ2n) is 3.58. The van der Waals surface area contributed by atoms with Crippen molar-refractivity contribution in [1.82, 2.24) is 9.97 Å². The van der Waals surface area contributed by atoms with Crippen molar-refractivity contribution in [2.24, 2.45) is 0 Å². The molecule has 1 N–H and O–H groups in total. The molecule has 0 bridgehead atoms. The number of nitrogens with zero attached hydrogens (tertiary/aromatic N) is 2. The summed E-state index contributed by atoms with van der Waals surface area (Å²) in [7, 11) is 0. The second-order valence-corrected chi connectivity index (χ2v) is 5.58. The number of rotatable bonds is 2. The smallest absolute Gasteiger partial charge is 0.277 e. The Hall–Kier alpha value is -1.17. The number of anilines is 1. The van der Waals surface area contributed by atoms with Crippen LogP contribution in [-0.4, -0.2) is 15.9 Å². The summed E-state index contributed by atoms with van der Waals surface area (Å²) in [6, 6.07) is 3.06. The third-order valence-electron chi connectivity index (χ3n) is 2.28. The lowest BCUT2D eigenvalue weighted by atomic mass is 10.3. The highest BCUT2D eigenvalue weighted by molar-refractivity contribution is 7.15. The number of nitrogens with one attached hydrogen (secondary N) is 1. The maximum atomic E-state index is 12.0. The van der Waals surface area contributed by atoms with E-state index in [9.17, 15) is 4.79 Å². The van der Waals surface area contributed by atoms with E-state index in [4.69, 9.17) is 23.2 Å². The van der Waals surface area contributed by atoms with E-state index in [1.54, 1.807) is 0 Å². The molecule has 18 heavy (non-hydrogen) atoms. The van der Waals surface area contributed by atoms with Crippen LogP contribution >= 0.6 is 34.5 Å². The van der Waals surface area contributed by atoms with Crippen molar-refractivity contribution in [3.8, 4) is 0 Å². The Morgan fingerprint density at radius 2 is 2.00 bits per heavy atom. The average Bonchev–Trinajstić information content (AvgIpc) is 2.61. The van der Waals surface area contributed by atoms with Gasteiger partial charge in [-0.05, 0) is 26.0 Å². The first-order valence-corrected chi connectivity index (χ1v) is 6.62. The Balaban J connectivity index is 2.24. The lowest BCUT2D eigenvalue weighted by molar-refractivity contribution is 0.102. The highest BCUT2D eigenvalue weighted by atomic mass is 35.5. The standard InChI is InChI=1S/C11H9Cl2N3OS/c1-5-6(2)18-11(14-5)16-10(17)9-7(12)3-4-8(13)15-9/h3-4H,1-2H3,(H,14,16,17). The molecule has 0 aliphatic carbocycles. The van der Waals surface area contributed by atoms with Gasteiger partial charge < -0.3 is 0 Å². The molecule has 0 atom stereocenters. The van der Waals surface area contributed by atoms with Crippen molar-refractivity contribution in [3.05, 3.63) is 38.6 Å². The molecule has 0 aliphatic rings. The van der Waals surface area contributed by atoms with Gasteiger partial charge in [0.15, 0.2) is 5.13 Å². The first kappa shape index (κ1) is 13.3. The van der Waals surface area contributed by atoms with Gasteiger partial charge in [-0.25, -0.2) is 9.97 Å². The second kappa shape index (κ2) is 5.22. The monoisotopic (exact) mass is 301 g/mol. The number of thiazole rings is 1. The number of halogens is 2. The molecule has 7 heteroatoms. The van der Waals surface area contributed by atoms with Crippen LogP contribution in [-0.2, 0) is 0 Å². The van der Waals surface area contributed by atoms with Gasteiger partial charge in [0.1, 0.15) is 10.8 Å². The normalized spacial score (nSPS) is 10.4. The van der Waals surface area contributed by atoms with E-state index in [1.807, 2.05) is 13.8 Å². The molecular formula is C11H9Cl2N3OS. The Kier molecular flexibility index (Phi) is 3.85. The van der Waals surface area contributed by atoms with Gasteiger partial charge in [-0.1, -0.05) is 23.2 Å². The third-order valence-corrected chi connectivity index (χ3v) is 3.78. The van der Waals surface area contributed by atoms with E-state index in [-0.39, 0.29) is 15.9 Å². The number of hydrogen-bond acceptors (Lipinski definition) is 4. The minimum atomic E-state index is -0.420. The van der Waals surface area contributed by atoms with E-state index in [2.05, 4.69) is 15.3 Å². The molecule has 2 aromatic heterocycles. The molecule has 0 aromatic carbocycles. The summed E-state index contributed by atoms with van der Waals surface area (Å²) in [4.78, 5) is 21.1. The number of carbonyl (C=O) groups excluding carboxylic acids is 1. The Labute approximate surface area is 118 Å². The zero-order valence-electron chi connectivity index (χ0n) is 9.62. The first-order chi connectivity index (χ1) is 8.47. The number of pyridine rings is 1. The van der Waals surface area contributed by atoms with E-state index in [1.165, 1.54) is 23.5 Å². The zero-order valence-corrected chi connectivity index (χ0v) is 11.9. The SMILES string of the molecule is Cc1nc(NC(=O)c2nc(Cl)ccc2Cl)sc1C. The molecule has 0 saturated heterocycles. The Bertz CT molecular complexity index is 593. The fraction of sp³-hybridized carbons (Fsp3) is 0.182. The molecule has 0 fully saturated rings. The van der Waals surface area contributed by atoms with Crippen molar-refractivity contribution in [3.63, 3.8) is 0 Å². The van der Waals surface area contributed by atoms with Gasteiger partial charge in [-0.15, -0.1) is 11.3 Å². The molecule has 0 spiro atoms. The molecule has 2 aromatic rings. The Morgan fingerprint density at radius 1 is 1.28 bits per heavy atom. The summed E-state index contributed by atoms with van der Waals surface area (Å²) in [6.45, 7) is 3.82. The highest BCUT2D eigenvalue weighted by Gasteiger charge is 2.15. The van der Waals surface area contributed by atoms with Gasteiger partial charge in [0.2, 0.25) is 0 Å². The molecule has 0 radical (unpaired) electrons. The predicted molar refractivity (Wildman–Crippen MR) is 73.8 cm³/mol.